The molecular weight excluding hydrogens is 332 g/mol. The zero-order chi connectivity index (χ0) is 18.9. The van der Waals surface area contributed by atoms with Crippen LogP contribution in [-0.2, 0) is 25.5 Å². The van der Waals surface area contributed by atoms with E-state index in [-0.39, 0.29) is 24.3 Å². The summed E-state index contributed by atoms with van der Waals surface area (Å²) in [6.07, 6.45) is 1.53. The Bertz CT molecular complexity index is 857. The molecule has 0 aromatic heterocycles. The van der Waals surface area contributed by atoms with Gasteiger partial charge in [-0.05, 0) is 53.8 Å². The van der Waals surface area contributed by atoms with Gasteiger partial charge in [-0.1, -0.05) is 18.2 Å². The monoisotopic (exact) mass is 356 g/mol. The maximum atomic E-state index is 12.5. The predicted molar refractivity (Wildman–Crippen MR) is 98.3 cm³/mol. The molecule has 0 radical (unpaired) electrons. The number of methoxy groups -OCH3 is 3. The number of fused-ring (bicyclic) bond motifs is 3. The molecule has 26 heavy (non-hydrogen) atoms. The Labute approximate surface area is 153 Å². The summed E-state index contributed by atoms with van der Waals surface area (Å²) in [6.45, 7) is 1.88. The Morgan fingerprint density at radius 3 is 2.54 bits per heavy atom. The highest BCUT2D eigenvalue weighted by atomic mass is 16.5. The van der Waals surface area contributed by atoms with Gasteiger partial charge in [-0.2, -0.15) is 0 Å². The normalized spacial score (nSPS) is 21.8. The molecular formula is C21H24O5. The van der Waals surface area contributed by atoms with Gasteiger partial charge in [0.15, 0.2) is 0 Å². The number of carbonyl (C=O) groups is 2. The van der Waals surface area contributed by atoms with Gasteiger partial charge in [-0.15, -0.1) is 0 Å². The van der Waals surface area contributed by atoms with Crippen molar-refractivity contribution in [3.8, 4) is 5.75 Å². The second kappa shape index (κ2) is 6.98. The number of aryl methyl sites for hydroxylation is 1. The lowest BCUT2D eigenvalue weighted by Gasteiger charge is -2.40. The molecule has 0 N–H and O–H groups in total. The molecule has 2 aromatic rings. The second-order valence-electron chi connectivity index (χ2n) is 6.96. The van der Waals surface area contributed by atoms with Gasteiger partial charge in [0.1, 0.15) is 5.75 Å². The molecule has 138 valence electrons. The zero-order valence-corrected chi connectivity index (χ0v) is 15.6. The maximum Gasteiger partial charge on any atom is 0.312 e. The molecule has 5 nitrogen and oxygen atoms in total. The minimum Gasteiger partial charge on any atom is -0.497 e. The van der Waals surface area contributed by atoms with E-state index in [0.29, 0.717) is 6.42 Å². The number of hydrogen-bond donors (Lipinski definition) is 0. The van der Waals surface area contributed by atoms with Crippen LogP contribution in [0.25, 0.3) is 10.8 Å². The molecule has 0 fully saturated rings. The van der Waals surface area contributed by atoms with Crippen LogP contribution in [0.15, 0.2) is 30.3 Å². The summed E-state index contributed by atoms with van der Waals surface area (Å²) in [4.78, 5) is 24.6. The van der Waals surface area contributed by atoms with Crippen molar-refractivity contribution in [1.82, 2.24) is 0 Å². The van der Waals surface area contributed by atoms with Crippen LogP contribution in [0.4, 0.5) is 0 Å². The fourth-order valence-electron chi connectivity index (χ4n) is 4.09. The van der Waals surface area contributed by atoms with Crippen LogP contribution in [0, 0.1) is 5.41 Å². The molecule has 5 heteroatoms. The SMILES string of the molecule is COC(=O)C[C@@H]1c2ccc3cc(OC)ccc3c2CC[C@@]1(C)C(=O)OC. The molecule has 3 rings (SSSR count). The summed E-state index contributed by atoms with van der Waals surface area (Å²) in [7, 11) is 4.41. The molecule has 1 aliphatic rings. The van der Waals surface area contributed by atoms with Gasteiger partial charge in [-0.3, -0.25) is 9.59 Å². The van der Waals surface area contributed by atoms with Gasteiger partial charge in [0, 0.05) is 5.92 Å². The lowest BCUT2D eigenvalue weighted by Crippen LogP contribution is -2.40. The highest BCUT2D eigenvalue weighted by molar-refractivity contribution is 5.90. The maximum absolute atomic E-state index is 12.5. The van der Waals surface area contributed by atoms with Crippen molar-refractivity contribution in [2.45, 2.75) is 32.1 Å². The van der Waals surface area contributed by atoms with Crippen LogP contribution < -0.4 is 4.74 Å². The van der Waals surface area contributed by atoms with Gasteiger partial charge in [0.25, 0.3) is 0 Å². The fraction of sp³-hybridized carbons (Fsp3) is 0.429. The fourth-order valence-corrected chi connectivity index (χ4v) is 4.09. The van der Waals surface area contributed by atoms with Crippen molar-refractivity contribution >= 4 is 22.7 Å². The van der Waals surface area contributed by atoms with E-state index in [1.807, 2.05) is 37.3 Å². The molecule has 2 aromatic carbocycles. The van der Waals surface area contributed by atoms with E-state index in [1.165, 1.54) is 19.8 Å². The molecule has 1 aliphatic carbocycles. The van der Waals surface area contributed by atoms with Gasteiger partial charge in [-0.25, -0.2) is 0 Å². The topological polar surface area (TPSA) is 61.8 Å². The standard InChI is InChI=1S/C21H24O5/c1-21(20(23)26-4)10-9-16-15-8-6-14(24-2)11-13(15)5-7-17(16)18(21)12-19(22)25-3/h5-8,11,18H,9-10,12H2,1-4H3/t18-,21-/m1/s1. The van der Waals surface area contributed by atoms with E-state index in [0.717, 1.165) is 28.5 Å². The van der Waals surface area contributed by atoms with Gasteiger partial charge < -0.3 is 14.2 Å². The first kappa shape index (κ1) is 18.2. The van der Waals surface area contributed by atoms with E-state index in [2.05, 4.69) is 0 Å². The quantitative estimate of drug-likeness (QED) is 0.783. The molecule has 0 spiro atoms. The summed E-state index contributed by atoms with van der Waals surface area (Å²) in [5, 5.41) is 2.21. The van der Waals surface area contributed by atoms with Crippen molar-refractivity contribution < 1.29 is 23.8 Å². The lowest BCUT2D eigenvalue weighted by atomic mass is 9.63. The average molecular weight is 356 g/mol. The minimum atomic E-state index is -0.754. The number of esters is 2. The third kappa shape index (κ3) is 2.91. The molecule has 0 amide bonds. The molecule has 2 atom stereocenters. The first-order valence-electron chi connectivity index (χ1n) is 8.69. The molecule has 0 bridgehead atoms. The number of ether oxygens (including phenoxy) is 3. The number of hydrogen-bond acceptors (Lipinski definition) is 5. The Morgan fingerprint density at radius 1 is 1.12 bits per heavy atom. The van der Waals surface area contributed by atoms with Crippen molar-refractivity contribution in [3.63, 3.8) is 0 Å². The van der Waals surface area contributed by atoms with Crippen LogP contribution in [0.5, 0.6) is 5.75 Å². The van der Waals surface area contributed by atoms with E-state index in [9.17, 15) is 9.59 Å². The van der Waals surface area contributed by atoms with Gasteiger partial charge >= 0.3 is 11.9 Å². The van der Waals surface area contributed by atoms with Crippen LogP contribution in [0.2, 0.25) is 0 Å². The number of carbonyl (C=O) groups excluding carboxylic acids is 2. The first-order valence-corrected chi connectivity index (χ1v) is 8.69. The third-order valence-electron chi connectivity index (χ3n) is 5.66. The highest BCUT2D eigenvalue weighted by Gasteiger charge is 2.47. The van der Waals surface area contributed by atoms with Gasteiger partial charge in [0.2, 0.25) is 0 Å². The van der Waals surface area contributed by atoms with Crippen LogP contribution >= 0.6 is 0 Å². The van der Waals surface area contributed by atoms with Crippen LogP contribution in [-0.4, -0.2) is 33.3 Å². The van der Waals surface area contributed by atoms with E-state index in [4.69, 9.17) is 14.2 Å². The van der Waals surface area contributed by atoms with E-state index < -0.39 is 5.41 Å². The van der Waals surface area contributed by atoms with Crippen molar-refractivity contribution in [2.24, 2.45) is 5.41 Å². The number of rotatable bonds is 4. The Hall–Kier alpha value is -2.56. The summed E-state index contributed by atoms with van der Waals surface area (Å²) in [5.41, 5.74) is 1.45. The summed E-state index contributed by atoms with van der Waals surface area (Å²) < 4.78 is 15.3. The highest BCUT2D eigenvalue weighted by Crippen LogP contribution is 2.49. The molecule has 0 heterocycles. The molecule has 0 saturated carbocycles. The Balaban J connectivity index is 2.16. The first-order chi connectivity index (χ1) is 12.4. The van der Waals surface area contributed by atoms with Crippen LogP contribution in [0.1, 0.15) is 36.8 Å². The minimum absolute atomic E-state index is 0.150. The van der Waals surface area contributed by atoms with Crippen LogP contribution in [0.3, 0.4) is 0 Å². The van der Waals surface area contributed by atoms with Gasteiger partial charge in [0.05, 0.1) is 33.2 Å². The summed E-state index contributed by atoms with van der Waals surface area (Å²) >= 11 is 0. The van der Waals surface area contributed by atoms with Crippen molar-refractivity contribution in [3.05, 3.63) is 41.5 Å². The van der Waals surface area contributed by atoms with Crippen molar-refractivity contribution in [1.29, 1.82) is 0 Å². The Kier molecular flexibility index (Phi) is 4.90. The average Bonchev–Trinajstić information content (AvgIpc) is 2.68. The zero-order valence-electron chi connectivity index (χ0n) is 15.6. The largest absolute Gasteiger partial charge is 0.497 e. The second-order valence-corrected chi connectivity index (χ2v) is 6.96. The van der Waals surface area contributed by atoms with Crippen molar-refractivity contribution in [2.75, 3.05) is 21.3 Å². The predicted octanol–water partition coefficient (Wildman–Crippen LogP) is 3.62. The van der Waals surface area contributed by atoms with E-state index >= 15 is 0 Å². The molecule has 0 saturated heterocycles. The smallest absolute Gasteiger partial charge is 0.312 e. The Morgan fingerprint density at radius 2 is 1.88 bits per heavy atom. The summed E-state index contributed by atoms with van der Waals surface area (Å²) in [6, 6.07) is 10.0. The molecule has 0 unspecified atom stereocenters. The number of benzene rings is 2. The summed E-state index contributed by atoms with van der Waals surface area (Å²) in [5.74, 6) is -0.0869. The lowest BCUT2D eigenvalue weighted by molar-refractivity contribution is -0.155. The molecule has 0 aliphatic heterocycles. The third-order valence-corrected chi connectivity index (χ3v) is 5.66. The van der Waals surface area contributed by atoms with E-state index in [1.54, 1.807) is 7.11 Å².